The van der Waals surface area contributed by atoms with E-state index in [0.29, 0.717) is 0 Å². The van der Waals surface area contributed by atoms with Crippen LogP contribution in [0.25, 0.3) is 0 Å². The van der Waals surface area contributed by atoms with E-state index in [1.54, 1.807) is 0 Å². The molecule has 2 heteroatoms. The molecule has 0 N–H and O–H groups in total. The van der Waals surface area contributed by atoms with Crippen LogP contribution in [-0.2, 0) is 9.47 Å². The molecule has 0 aromatic heterocycles. The molecular formula is C10H20O2. The normalized spacial score (nSPS) is 37.2. The van der Waals surface area contributed by atoms with Crippen LogP contribution in [0.5, 0.6) is 0 Å². The Kier molecular flexibility index (Phi) is 2.79. The van der Waals surface area contributed by atoms with Gasteiger partial charge in [0.2, 0.25) is 0 Å². The molecule has 0 saturated carbocycles. The monoisotopic (exact) mass is 172 g/mol. The number of hydrogen-bond acceptors (Lipinski definition) is 2. The lowest BCUT2D eigenvalue weighted by Crippen LogP contribution is -2.18. The smallest absolute Gasteiger partial charge is 0.159 e. The Morgan fingerprint density at radius 1 is 1.00 bits per heavy atom. The van der Waals surface area contributed by atoms with E-state index in [1.165, 1.54) is 0 Å². The predicted molar refractivity (Wildman–Crippen MR) is 49.0 cm³/mol. The summed E-state index contributed by atoms with van der Waals surface area (Å²) in [4.78, 5) is 0. The maximum absolute atomic E-state index is 5.63. The van der Waals surface area contributed by atoms with Crippen LogP contribution in [0.4, 0.5) is 0 Å². The molecule has 0 spiro atoms. The van der Waals surface area contributed by atoms with Crippen molar-refractivity contribution in [1.29, 1.82) is 0 Å². The summed E-state index contributed by atoms with van der Waals surface area (Å²) in [6.07, 6.45) is 1.48. The van der Waals surface area contributed by atoms with E-state index in [0.717, 1.165) is 6.42 Å². The van der Waals surface area contributed by atoms with Gasteiger partial charge in [-0.1, -0.05) is 20.8 Å². The first-order chi connectivity index (χ1) is 5.38. The number of rotatable bonds is 1. The van der Waals surface area contributed by atoms with Gasteiger partial charge < -0.3 is 9.47 Å². The molecule has 1 aliphatic rings. The second kappa shape index (κ2) is 3.35. The Balaban J connectivity index is 2.38. The molecule has 72 valence electrons. The molecule has 1 fully saturated rings. The van der Waals surface area contributed by atoms with Crippen molar-refractivity contribution in [3.63, 3.8) is 0 Å². The molecular weight excluding hydrogens is 152 g/mol. The zero-order chi connectivity index (χ0) is 9.35. The molecule has 2 unspecified atom stereocenters. The van der Waals surface area contributed by atoms with Crippen molar-refractivity contribution < 1.29 is 9.47 Å². The lowest BCUT2D eigenvalue weighted by Gasteiger charge is -2.21. The highest BCUT2D eigenvalue weighted by molar-refractivity contribution is 4.73. The largest absolute Gasteiger partial charge is 0.347 e. The van der Waals surface area contributed by atoms with Gasteiger partial charge in [0.1, 0.15) is 0 Å². The van der Waals surface area contributed by atoms with Crippen molar-refractivity contribution in [2.45, 2.75) is 59.5 Å². The highest BCUT2D eigenvalue weighted by Gasteiger charge is 2.32. The third-order valence-corrected chi connectivity index (χ3v) is 2.17. The maximum Gasteiger partial charge on any atom is 0.159 e. The Morgan fingerprint density at radius 2 is 1.42 bits per heavy atom. The lowest BCUT2D eigenvalue weighted by molar-refractivity contribution is -0.0839. The first-order valence-corrected chi connectivity index (χ1v) is 4.69. The third kappa shape index (κ3) is 2.76. The van der Waals surface area contributed by atoms with Crippen molar-refractivity contribution in [2.75, 3.05) is 0 Å². The molecule has 0 bridgehead atoms. The SMILES string of the molecule is CC1OC(CC(C)(C)C)OC1C. The van der Waals surface area contributed by atoms with Crippen molar-refractivity contribution in [2.24, 2.45) is 5.41 Å². The molecule has 0 radical (unpaired) electrons. The summed E-state index contributed by atoms with van der Waals surface area (Å²) in [5, 5.41) is 0. The lowest BCUT2D eigenvalue weighted by atomic mass is 9.92. The minimum Gasteiger partial charge on any atom is -0.347 e. The highest BCUT2D eigenvalue weighted by Crippen LogP contribution is 2.29. The molecule has 0 aromatic carbocycles. The van der Waals surface area contributed by atoms with Gasteiger partial charge in [-0.15, -0.1) is 0 Å². The Morgan fingerprint density at radius 3 is 1.75 bits per heavy atom. The van der Waals surface area contributed by atoms with Crippen molar-refractivity contribution in [1.82, 2.24) is 0 Å². The van der Waals surface area contributed by atoms with Crippen LogP contribution in [0.3, 0.4) is 0 Å². The van der Waals surface area contributed by atoms with E-state index in [2.05, 4.69) is 34.6 Å². The summed E-state index contributed by atoms with van der Waals surface area (Å²) < 4.78 is 11.3. The van der Waals surface area contributed by atoms with E-state index in [9.17, 15) is 0 Å². The van der Waals surface area contributed by atoms with Crippen molar-refractivity contribution >= 4 is 0 Å². The van der Waals surface area contributed by atoms with Crippen LogP contribution in [0.2, 0.25) is 0 Å². The summed E-state index contributed by atoms with van der Waals surface area (Å²) in [5.74, 6) is 0. The standard InChI is InChI=1S/C10H20O2/c1-7-8(2)12-9(11-7)6-10(3,4)5/h7-9H,6H2,1-5H3. The molecule has 1 heterocycles. The topological polar surface area (TPSA) is 18.5 Å². The van der Waals surface area contributed by atoms with Gasteiger partial charge in [0.15, 0.2) is 6.29 Å². The van der Waals surface area contributed by atoms with Crippen LogP contribution in [0.1, 0.15) is 41.0 Å². The van der Waals surface area contributed by atoms with Gasteiger partial charge in [-0.25, -0.2) is 0 Å². The van der Waals surface area contributed by atoms with E-state index in [1.807, 2.05) is 0 Å². The maximum atomic E-state index is 5.63. The van der Waals surface area contributed by atoms with E-state index < -0.39 is 0 Å². The second-order valence-electron chi connectivity index (χ2n) is 4.88. The molecule has 2 atom stereocenters. The summed E-state index contributed by atoms with van der Waals surface area (Å²) in [5.41, 5.74) is 0.286. The van der Waals surface area contributed by atoms with Gasteiger partial charge in [-0.3, -0.25) is 0 Å². The average Bonchev–Trinajstić information content (AvgIpc) is 2.07. The van der Waals surface area contributed by atoms with Gasteiger partial charge in [-0.2, -0.15) is 0 Å². The van der Waals surface area contributed by atoms with E-state index >= 15 is 0 Å². The van der Waals surface area contributed by atoms with E-state index in [-0.39, 0.29) is 23.9 Å². The van der Waals surface area contributed by atoms with Gasteiger partial charge in [0.25, 0.3) is 0 Å². The van der Waals surface area contributed by atoms with Crippen LogP contribution >= 0.6 is 0 Å². The number of hydrogen-bond donors (Lipinski definition) is 0. The molecule has 2 nitrogen and oxygen atoms in total. The van der Waals surface area contributed by atoms with Gasteiger partial charge in [-0.05, 0) is 19.3 Å². The molecule has 1 aliphatic heterocycles. The zero-order valence-electron chi connectivity index (χ0n) is 8.76. The van der Waals surface area contributed by atoms with Crippen molar-refractivity contribution in [3.8, 4) is 0 Å². The zero-order valence-corrected chi connectivity index (χ0v) is 8.76. The summed E-state index contributed by atoms with van der Waals surface area (Å²) in [7, 11) is 0. The fraction of sp³-hybridized carbons (Fsp3) is 1.00. The Hall–Kier alpha value is -0.0800. The highest BCUT2D eigenvalue weighted by atomic mass is 16.7. The summed E-state index contributed by atoms with van der Waals surface area (Å²) in [6.45, 7) is 10.7. The molecule has 0 aromatic rings. The first kappa shape index (κ1) is 10.0. The predicted octanol–water partition coefficient (Wildman–Crippen LogP) is 2.57. The molecule has 12 heavy (non-hydrogen) atoms. The quantitative estimate of drug-likeness (QED) is 0.605. The molecule has 1 rings (SSSR count). The molecule has 1 saturated heterocycles. The van der Waals surface area contributed by atoms with Gasteiger partial charge >= 0.3 is 0 Å². The van der Waals surface area contributed by atoms with E-state index in [4.69, 9.17) is 9.47 Å². The Bertz CT molecular complexity index is 138. The van der Waals surface area contributed by atoms with Gasteiger partial charge in [0.05, 0.1) is 12.2 Å². The Labute approximate surface area is 75.2 Å². The van der Waals surface area contributed by atoms with Gasteiger partial charge in [0, 0.05) is 6.42 Å². The summed E-state index contributed by atoms with van der Waals surface area (Å²) >= 11 is 0. The van der Waals surface area contributed by atoms with Crippen LogP contribution < -0.4 is 0 Å². The van der Waals surface area contributed by atoms with Crippen LogP contribution in [0, 0.1) is 5.41 Å². The van der Waals surface area contributed by atoms with Crippen LogP contribution in [0.15, 0.2) is 0 Å². The average molecular weight is 172 g/mol. The van der Waals surface area contributed by atoms with Crippen molar-refractivity contribution in [3.05, 3.63) is 0 Å². The fourth-order valence-corrected chi connectivity index (χ4v) is 1.33. The minimum absolute atomic E-state index is 0.00926. The molecule has 0 aliphatic carbocycles. The fourth-order valence-electron chi connectivity index (χ4n) is 1.33. The first-order valence-electron chi connectivity index (χ1n) is 4.69. The molecule has 0 amide bonds. The number of ether oxygens (including phenoxy) is 2. The third-order valence-electron chi connectivity index (χ3n) is 2.17. The van der Waals surface area contributed by atoms with Crippen LogP contribution in [-0.4, -0.2) is 18.5 Å². The minimum atomic E-state index is 0.00926. The second-order valence-corrected chi connectivity index (χ2v) is 4.88. The summed E-state index contributed by atoms with van der Waals surface area (Å²) in [6, 6.07) is 0.